The van der Waals surface area contributed by atoms with Gasteiger partial charge in [0.25, 0.3) is 0 Å². The van der Waals surface area contributed by atoms with Gasteiger partial charge in [0, 0.05) is 19.1 Å². The molecule has 1 saturated carbocycles. The van der Waals surface area contributed by atoms with E-state index in [4.69, 9.17) is 21.1 Å². The maximum Gasteiger partial charge on any atom is 0.330 e. The first-order valence-corrected chi connectivity index (χ1v) is 8.83. The molecule has 1 aliphatic carbocycles. The summed E-state index contributed by atoms with van der Waals surface area (Å²) in [6.45, 7) is 1.50. The average Bonchev–Trinajstić information content (AvgIpc) is 3.41. The molecule has 136 valence electrons. The highest BCUT2D eigenvalue weighted by Gasteiger charge is 2.48. The van der Waals surface area contributed by atoms with Crippen LogP contribution in [0.4, 0.5) is 0 Å². The second-order valence-corrected chi connectivity index (χ2v) is 7.04. The van der Waals surface area contributed by atoms with Gasteiger partial charge in [0.2, 0.25) is 5.91 Å². The summed E-state index contributed by atoms with van der Waals surface area (Å²) in [5.74, 6) is -0.101. The van der Waals surface area contributed by atoms with Gasteiger partial charge in [-0.1, -0.05) is 17.7 Å². The number of benzene rings is 1. The highest BCUT2D eigenvalue weighted by atomic mass is 35.5. The highest BCUT2D eigenvalue weighted by molar-refractivity contribution is 6.32. The van der Waals surface area contributed by atoms with Crippen molar-refractivity contribution in [2.75, 3.05) is 20.3 Å². The zero-order valence-electron chi connectivity index (χ0n) is 14.0. The summed E-state index contributed by atoms with van der Waals surface area (Å²) in [6.07, 6.45) is 2.78. The van der Waals surface area contributed by atoms with Crippen LogP contribution in [0, 0.1) is 17.8 Å². The Hall–Kier alpha value is -1.79. The van der Waals surface area contributed by atoms with Gasteiger partial charge in [0.05, 0.1) is 12.1 Å². The number of nitrogens with one attached hydrogen (secondary N) is 1. The first-order valence-electron chi connectivity index (χ1n) is 8.45. The lowest BCUT2D eigenvalue weighted by molar-refractivity contribution is -0.142. The molecule has 3 atom stereocenters. The van der Waals surface area contributed by atoms with Gasteiger partial charge in [-0.15, -0.1) is 0 Å². The number of rotatable bonds is 6. The minimum absolute atomic E-state index is 0.0985. The van der Waals surface area contributed by atoms with Gasteiger partial charge in [0.15, 0.2) is 6.04 Å². The fraction of sp³-hybridized carbons (Fsp3) is 0.556. The van der Waals surface area contributed by atoms with E-state index < -0.39 is 12.0 Å². The Labute approximate surface area is 151 Å². The van der Waals surface area contributed by atoms with Crippen LogP contribution in [0.25, 0.3) is 0 Å². The minimum Gasteiger partial charge on any atom is -0.495 e. The molecule has 0 bridgehead atoms. The SMILES string of the molecule is COc1ccc(C(NC(=O)[C@@H]2C[C@H]2C2CCOCC2)C(=O)O)cc1Cl. The van der Waals surface area contributed by atoms with E-state index in [0.717, 1.165) is 32.5 Å². The second-order valence-electron chi connectivity index (χ2n) is 6.63. The quantitative estimate of drug-likeness (QED) is 0.807. The zero-order valence-corrected chi connectivity index (χ0v) is 14.8. The Balaban J connectivity index is 1.65. The molecular weight excluding hydrogens is 346 g/mol. The van der Waals surface area contributed by atoms with E-state index in [2.05, 4.69) is 5.32 Å². The van der Waals surface area contributed by atoms with Crippen molar-refractivity contribution in [3.63, 3.8) is 0 Å². The number of amides is 1. The molecule has 7 heteroatoms. The van der Waals surface area contributed by atoms with Gasteiger partial charge >= 0.3 is 5.97 Å². The van der Waals surface area contributed by atoms with Crippen LogP contribution >= 0.6 is 11.6 Å². The molecule has 0 spiro atoms. The molecule has 3 rings (SSSR count). The third-order valence-corrected chi connectivity index (χ3v) is 5.39. The Morgan fingerprint density at radius 3 is 2.68 bits per heavy atom. The monoisotopic (exact) mass is 367 g/mol. The molecule has 1 amide bonds. The number of hydrogen-bond acceptors (Lipinski definition) is 4. The van der Waals surface area contributed by atoms with Gasteiger partial charge in [-0.2, -0.15) is 0 Å². The van der Waals surface area contributed by atoms with Crippen molar-refractivity contribution >= 4 is 23.5 Å². The smallest absolute Gasteiger partial charge is 0.330 e. The van der Waals surface area contributed by atoms with Gasteiger partial charge in [-0.25, -0.2) is 4.79 Å². The zero-order chi connectivity index (χ0) is 18.0. The lowest BCUT2D eigenvalue weighted by Gasteiger charge is -2.22. The fourth-order valence-electron chi connectivity index (χ4n) is 3.58. The predicted molar refractivity (Wildman–Crippen MR) is 91.7 cm³/mol. The summed E-state index contributed by atoms with van der Waals surface area (Å²) in [5, 5.41) is 12.5. The van der Waals surface area contributed by atoms with Crippen LogP contribution in [-0.2, 0) is 14.3 Å². The van der Waals surface area contributed by atoms with Gasteiger partial charge in [0.1, 0.15) is 5.75 Å². The Morgan fingerprint density at radius 2 is 2.08 bits per heavy atom. The minimum atomic E-state index is -1.12. The van der Waals surface area contributed by atoms with Crippen molar-refractivity contribution < 1.29 is 24.2 Å². The lowest BCUT2D eigenvalue weighted by Crippen LogP contribution is -2.35. The molecule has 25 heavy (non-hydrogen) atoms. The van der Waals surface area contributed by atoms with Crippen LogP contribution in [0.2, 0.25) is 5.02 Å². The third-order valence-electron chi connectivity index (χ3n) is 5.09. The number of carbonyl (C=O) groups excluding carboxylic acids is 1. The van der Waals surface area contributed by atoms with E-state index in [1.54, 1.807) is 12.1 Å². The first-order chi connectivity index (χ1) is 12.0. The number of ether oxygens (including phenoxy) is 2. The summed E-state index contributed by atoms with van der Waals surface area (Å²) < 4.78 is 10.4. The van der Waals surface area contributed by atoms with E-state index >= 15 is 0 Å². The molecule has 2 fully saturated rings. The number of carboxylic acids is 1. The Kier molecular flexibility index (Phi) is 5.49. The maximum absolute atomic E-state index is 12.5. The molecule has 1 aromatic rings. The number of hydrogen-bond donors (Lipinski definition) is 2. The largest absolute Gasteiger partial charge is 0.495 e. The second kappa shape index (κ2) is 7.62. The van der Waals surface area contributed by atoms with Crippen LogP contribution in [0.3, 0.4) is 0 Å². The molecule has 1 heterocycles. The molecule has 0 aromatic heterocycles. The Bertz CT molecular complexity index is 659. The molecular formula is C18H22ClNO5. The standard InChI is InChI=1S/C18H22ClNO5/c1-24-15-3-2-11(8-14(15)19)16(18(22)23)20-17(21)13-9-12(13)10-4-6-25-7-5-10/h2-3,8,10,12-13,16H,4-7,9H2,1H3,(H,20,21)(H,22,23)/t12-,13+,16?/m0/s1. The summed E-state index contributed by atoms with van der Waals surface area (Å²) in [4.78, 5) is 24.1. The number of aliphatic carboxylic acids is 1. The number of carbonyl (C=O) groups is 2. The van der Waals surface area contributed by atoms with Gasteiger partial charge in [-0.05, 0) is 48.8 Å². The van der Waals surface area contributed by atoms with Crippen LogP contribution in [0.1, 0.15) is 30.9 Å². The van der Waals surface area contributed by atoms with E-state index in [0.29, 0.717) is 28.2 Å². The molecule has 1 aliphatic heterocycles. The van der Waals surface area contributed by atoms with E-state index in [1.165, 1.54) is 13.2 Å². The van der Waals surface area contributed by atoms with Gasteiger partial charge < -0.3 is 19.9 Å². The number of halogens is 1. The van der Waals surface area contributed by atoms with Crippen molar-refractivity contribution in [3.8, 4) is 5.75 Å². The summed E-state index contributed by atoms with van der Waals surface area (Å²) >= 11 is 6.07. The summed E-state index contributed by atoms with van der Waals surface area (Å²) in [7, 11) is 1.49. The molecule has 2 N–H and O–H groups in total. The summed E-state index contributed by atoms with van der Waals surface area (Å²) in [5.41, 5.74) is 0.426. The predicted octanol–water partition coefficient (Wildman–Crippen LogP) is 2.65. The number of methoxy groups -OCH3 is 1. The Morgan fingerprint density at radius 1 is 1.36 bits per heavy atom. The molecule has 6 nitrogen and oxygen atoms in total. The maximum atomic E-state index is 12.5. The normalized spacial score (nSPS) is 24.4. The van der Waals surface area contributed by atoms with Crippen LogP contribution in [0.5, 0.6) is 5.75 Å². The van der Waals surface area contributed by atoms with Crippen LogP contribution in [-0.4, -0.2) is 37.3 Å². The lowest BCUT2D eigenvalue weighted by atomic mass is 9.93. The van der Waals surface area contributed by atoms with E-state index in [1.807, 2.05) is 0 Å². The van der Waals surface area contributed by atoms with Gasteiger partial charge in [-0.3, -0.25) is 4.79 Å². The molecule has 1 aromatic carbocycles. The van der Waals surface area contributed by atoms with E-state index in [9.17, 15) is 14.7 Å². The third kappa shape index (κ3) is 4.07. The highest BCUT2D eigenvalue weighted by Crippen LogP contribution is 2.48. The van der Waals surface area contributed by atoms with Crippen molar-refractivity contribution in [2.24, 2.45) is 17.8 Å². The van der Waals surface area contributed by atoms with Crippen molar-refractivity contribution in [1.82, 2.24) is 5.32 Å². The fourth-order valence-corrected chi connectivity index (χ4v) is 3.85. The van der Waals surface area contributed by atoms with Crippen LogP contribution < -0.4 is 10.1 Å². The van der Waals surface area contributed by atoms with Crippen molar-refractivity contribution in [1.29, 1.82) is 0 Å². The molecule has 2 aliphatic rings. The number of carboxylic acid groups (broad SMARTS) is 1. The summed E-state index contributed by atoms with van der Waals surface area (Å²) in [6, 6.07) is 3.60. The van der Waals surface area contributed by atoms with Crippen molar-refractivity contribution in [3.05, 3.63) is 28.8 Å². The molecule has 1 unspecified atom stereocenters. The first kappa shape index (κ1) is 18.0. The topological polar surface area (TPSA) is 84.9 Å². The van der Waals surface area contributed by atoms with Crippen LogP contribution in [0.15, 0.2) is 18.2 Å². The van der Waals surface area contributed by atoms with E-state index in [-0.39, 0.29) is 11.8 Å². The average molecular weight is 368 g/mol. The molecule has 0 radical (unpaired) electrons. The van der Waals surface area contributed by atoms with Crippen molar-refractivity contribution in [2.45, 2.75) is 25.3 Å². The molecule has 1 saturated heterocycles.